The van der Waals surface area contributed by atoms with Gasteiger partial charge >= 0.3 is 0 Å². The molecular formula is C19H27F2IN6. The van der Waals surface area contributed by atoms with E-state index in [1.807, 2.05) is 4.68 Å². The van der Waals surface area contributed by atoms with Crippen LogP contribution < -0.4 is 10.6 Å². The van der Waals surface area contributed by atoms with E-state index in [1.54, 1.807) is 7.05 Å². The molecule has 0 radical (unpaired) electrons. The molecule has 0 spiro atoms. The molecule has 0 aliphatic carbocycles. The molecule has 2 N–H and O–H groups in total. The molecule has 1 aromatic heterocycles. The number of aryl methyl sites for hydroxylation is 1. The number of aliphatic imine (C=N–C) groups is 1. The highest BCUT2D eigenvalue weighted by molar-refractivity contribution is 14.0. The maximum absolute atomic E-state index is 13.7. The van der Waals surface area contributed by atoms with Crippen molar-refractivity contribution in [2.24, 2.45) is 4.99 Å². The van der Waals surface area contributed by atoms with Crippen molar-refractivity contribution in [3.05, 3.63) is 47.0 Å². The topological polar surface area (TPSA) is 67.1 Å². The highest BCUT2D eigenvalue weighted by atomic mass is 127. The average molecular weight is 504 g/mol. The summed E-state index contributed by atoms with van der Waals surface area (Å²) in [5.41, 5.74) is 0.351. The Morgan fingerprint density at radius 1 is 1.36 bits per heavy atom. The predicted molar refractivity (Wildman–Crippen MR) is 116 cm³/mol. The van der Waals surface area contributed by atoms with Gasteiger partial charge in [0.1, 0.15) is 17.5 Å². The third-order valence-electron chi connectivity index (χ3n) is 4.65. The zero-order chi connectivity index (χ0) is 19.4. The van der Waals surface area contributed by atoms with Crippen LogP contribution in [0.15, 0.2) is 23.2 Å². The van der Waals surface area contributed by atoms with Crippen LogP contribution in [0.4, 0.5) is 8.78 Å². The van der Waals surface area contributed by atoms with E-state index in [0.29, 0.717) is 30.4 Å². The summed E-state index contributed by atoms with van der Waals surface area (Å²) in [6.45, 7) is 5.36. The Morgan fingerprint density at radius 3 is 2.86 bits per heavy atom. The van der Waals surface area contributed by atoms with Gasteiger partial charge in [0, 0.05) is 32.0 Å². The number of hydrogen-bond donors (Lipinski definition) is 2. The second-order valence-corrected chi connectivity index (χ2v) is 7.09. The van der Waals surface area contributed by atoms with Gasteiger partial charge in [-0.25, -0.2) is 18.4 Å². The Labute approximate surface area is 181 Å². The lowest BCUT2D eigenvalue weighted by Gasteiger charge is -2.25. The Kier molecular flexibility index (Phi) is 8.14. The SMILES string of the molecule is CN=C(NCCc1cc(F)ccc1F)NC1CCc2nc(C(C)C)nn2C1.I. The van der Waals surface area contributed by atoms with Gasteiger partial charge in [0.25, 0.3) is 0 Å². The Morgan fingerprint density at radius 2 is 2.14 bits per heavy atom. The van der Waals surface area contributed by atoms with E-state index >= 15 is 0 Å². The highest BCUT2D eigenvalue weighted by Gasteiger charge is 2.23. The minimum atomic E-state index is -0.430. The fourth-order valence-corrected chi connectivity index (χ4v) is 3.13. The van der Waals surface area contributed by atoms with Crippen LogP contribution >= 0.6 is 24.0 Å². The standard InChI is InChI=1S/C19H26F2N6.HI/c1-12(2)18-25-17-7-5-15(11-27(17)26-18)24-19(22-3)23-9-8-13-10-14(20)4-6-16(13)21;/h4,6,10,12,15H,5,7-9,11H2,1-3H3,(H2,22,23,24);1H. The summed E-state index contributed by atoms with van der Waals surface area (Å²) in [5, 5.41) is 11.1. The molecule has 2 heterocycles. The number of guanidine groups is 1. The first-order valence-corrected chi connectivity index (χ1v) is 9.31. The summed E-state index contributed by atoms with van der Waals surface area (Å²) < 4.78 is 28.9. The number of halogens is 3. The largest absolute Gasteiger partial charge is 0.356 e. The van der Waals surface area contributed by atoms with Crippen LogP contribution in [-0.4, -0.2) is 40.4 Å². The van der Waals surface area contributed by atoms with E-state index in [9.17, 15) is 8.78 Å². The maximum atomic E-state index is 13.7. The van der Waals surface area contributed by atoms with Gasteiger partial charge in [-0.3, -0.25) is 4.99 Å². The lowest BCUT2D eigenvalue weighted by Crippen LogP contribution is -2.47. The second kappa shape index (κ2) is 10.1. The molecule has 1 atom stereocenters. The molecule has 154 valence electrons. The molecule has 1 aliphatic rings. The first kappa shape index (κ1) is 22.5. The van der Waals surface area contributed by atoms with E-state index < -0.39 is 11.6 Å². The molecular weight excluding hydrogens is 477 g/mol. The number of nitrogens with one attached hydrogen (secondary N) is 2. The predicted octanol–water partition coefficient (Wildman–Crippen LogP) is 3.02. The van der Waals surface area contributed by atoms with E-state index in [-0.39, 0.29) is 30.0 Å². The van der Waals surface area contributed by atoms with Gasteiger partial charge in [0.2, 0.25) is 0 Å². The molecule has 6 nitrogen and oxygen atoms in total. The number of nitrogens with zero attached hydrogens (tertiary/aromatic N) is 4. The average Bonchev–Trinajstić information content (AvgIpc) is 3.07. The molecule has 1 aliphatic heterocycles. The van der Waals surface area contributed by atoms with E-state index in [4.69, 9.17) is 0 Å². The maximum Gasteiger partial charge on any atom is 0.191 e. The van der Waals surface area contributed by atoms with E-state index in [1.165, 1.54) is 6.07 Å². The molecule has 0 saturated carbocycles. The zero-order valence-electron chi connectivity index (χ0n) is 16.4. The minimum Gasteiger partial charge on any atom is -0.356 e. The van der Waals surface area contributed by atoms with E-state index in [0.717, 1.165) is 43.2 Å². The minimum absolute atomic E-state index is 0. The normalized spacial score (nSPS) is 16.5. The van der Waals surface area contributed by atoms with Gasteiger partial charge in [-0.2, -0.15) is 5.10 Å². The van der Waals surface area contributed by atoms with Crippen molar-refractivity contribution in [1.82, 2.24) is 25.4 Å². The molecule has 0 bridgehead atoms. The van der Waals surface area contributed by atoms with Crippen LogP contribution in [-0.2, 0) is 19.4 Å². The third kappa shape index (κ3) is 5.62. The Bertz CT molecular complexity index is 821. The highest BCUT2D eigenvalue weighted by Crippen LogP contribution is 2.17. The molecule has 3 rings (SSSR count). The van der Waals surface area contributed by atoms with Crippen molar-refractivity contribution in [1.29, 1.82) is 0 Å². The second-order valence-electron chi connectivity index (χ2n) is 7.09. The van der Waals surface area contributed by atoms with Gasteiger partial charge < -0.3 is 10.6 Å². The zero-order valence-corrected chi connectivity index (χ0v) is 18.7. The molecule has 0 saturated heterocycles. The summed E-state index contributed by atoms with van der Waals surface area (Å²) in [6, 6.07) is 3.70. The Balaban J connectivity index is 0.00000280. The van der Waals surface area contributed by atoms with Crippen molar-refractivity contribution in [3.63, 3.8) is 0 Å². The number of hydrogen-bond acceptors (Lipinski definition) is 3. The lowest BCUT2D eigenvalue weighted by molar-refractivity contribution is 0.391. The first-order chi connectivity index (χ1) is 13.0. The van der Waals surface area contributed by atoms with Crippen LogP contribution in [0.25, 0.3) is 0 Å². The fraction of sp³-hybridized carbons (Fsp3) is 0.526. The molecule has 2 aromatic rings. The summed E-state index contributed by atoms with van der Waals surface area (Å²) >= 11 is 0. The summed E-state index contributed by atoms with van der Waals surface area (Å²) in [6.07, 6.45) is 2.18. The van der Waals surface area contributed by atoms with E-state index in [2.05, 4.69) is 39.6 Å². The van der Waals surface area contributed by atoms with Crippen LogP contribution in [0.3, 0.4) is 0 Å². The molecule has 0 fully saturated rings. The van der Waals surface area contributed by atoms with Crippen molar-refractivity contribution < 1.29 is 8.78 Å². The molecule has 28 heavy (non-hydrogen) atoms. The van der Waals surface area contributed by atoms with Gasteiger partial charge in [0.05, 0.1) is 6.54 Å². The summed E-state index contributed by atoms with van der Waals surface area (Å²) in [5.74, 6) is 2.04. The van der Waals surface area contributed by atoms with Gasteiger partial charge in [-0.15, -0.1) is 24.0 Å². The van der Waals surface area contributed by atoms with Crippen LogP contribution in [0, 0.1) is 11.6 Å². The number of fused-ring (bicyclic) bond motifs is 1. The van der Waals surface area contributed by atoms with Gasteiger partial charge in [-0.05, 0) is 36.6 Å². The molecule has 0 amide bonds. The number of aromatic nitrogens is 3. The van der Waals surface area contributed by atoms with Crippen molar-refractivity contribution >= 4 is 29.9 Å². The molecule has 1 unspecified atom stereocenters. The van der Waals surface area contributed by atoms with Crippen molar-refractivity contribution in [2.45, 2.75) is 51.6 Å². The lowest BCUT2D eigenvalue weighted by atomic mass is 10.1. The summed E-state index contributed by atoms with van der Waals surface area (Å²) in [4.78, 5) is 8.82. The van der Waals surface area contributed by atoms with Crippen molar-refractivity contribution in [3.8, 4) is 0 Å². The van der Waals surface area contributed by atoms with Crippen molar-refractivity contribution in [2.75, 3.05) is 13.6 Å². The first-order valence-electron chi connectivity index (χ1n) is 9.31. The molecule has 9 heteroatoms. The van der Waals surface area contributed by atoms with Crippen LogP contribution in [0.5, 0.6) is 0 Å². The van der Waals surface area contributed by atoms with Gasteiger partial charge in [-0.1, -0.05) is 13.8 Å². The fourth-order valence-electron chi connectivity index (χ4n) is 3.13. The monoisotopic (exact) mass is 504 g/mol. The Hall–Kier alpha value is -1.78. The third-order valence-corrected chi connectivity index (χ3v) is 4.65. The van der Waals surface area contributed by atoms with Crippen LogP contribution in [0.1, 0.15) is 43.4 Å². The number of benzene rings is 1. The van der Waals surface area contributed by atoms with Gasteiger partial charge in [0.15, 0.2) is 11.8 Å². The molecule has 1 aromatic carbocycles. The van der Waals surface area contributed by atoms with Crippen LogP contribution in [0.2, 0.25) is 0 Å². The summed E-state index contributed by atoms with van der Waals surface area (Å²) in [7, 11) is 1.69. The number of rotatable bonds is 5. The smallest absolute Gasteiger partial charge is 0.191 e. The quantitative estimate of drug-likeness (QED) is 0.374.